The van der Waals surface area contributed by atoms with Gasteiger partial charge in [-0.15, -0.1) is 0 Å². The Kier molecular flexibility index (Phi) is 13.7. The number of aliphatic hydroxyl groups is 1. The number of fused-ring (bicyclic) bond motifs is 3. The summed E-state index contributed by atoms with van der Waals surface area (Å²) in [6, 6.07) is 24.2. The van der Waals surface area contributed by atoms with Gasteiger partial charge in [0.05, 0.1) is 0 Å². The van der Waals surface area contributed by atoms with Crippen LogP contribution in [-0.2, 0) is 10.2 Å². The molecule has 2 aliphatic rings. The first-order valence-corrected chi connectivity index (χ1v) is 16.2. The van der Waals surface area contributed by atoms with Gasteiger partial charge in [-0.25, -0.2) is 8.78 Å². The van der Waals surface area contributed by atoms with Crippen LogP contribution in [0.2, 0.25) is 0 Å². The molecule has 3 aromatic carbocycles. The lowest BCUT2D eigenvalue weighted by Crippen LogP contribution is -2.41. The van der Waals surface area contributed by atoms with Gasteiger partial charge in [-0.3, -0.25) is 5.32 Å². The summed E-state index contributed by atoms with van der Waals surface area (Å²) in [6.07, 6.45) is 1.76. The Morgan fingerprint density at radius 3 is 2.04 bits per heavy atom. The van der Waals surface area contributed by atoms with Crippen LogP contribution in [0.3, 0.4) is 0 Å². The molecule has 5 rings (SSSR count). The monoisotopic (exact) mass is 621 g/mol. The maximum atomic E-state index is 13.3. The van der Waals surface area contributed by atoms with Crippen LogP contribution in [0.1, 0.15) is 94.7 Å². The number of hydrogen-bond donors (Lipinski definition) is 4. The minimum Gasteiger partial charge on any atom is -0.488 e. The number of benzene rings is 3. The Balaban J connectivity index is 0.000000233. The molecular formula is C38H53F2N3O2. The van der Waals surface area contributed by atoms with Gasteiger partial charge in [0.25, 0.3) is 0 Å². The minimum absolute atomic E-state index is 0.0823. The van der Waals surface area contributed by atoms with Crippen LogP contribution in [0, 0.1) is 0 Å². The van der Waals surface area contributed by atoms with Gasteiger partial charge in [0.15, 0.2) is 0 Å². The molecule has 7 heteroatoms. The molecule has 1 aliphatic heterocycles. The molecule has 0 radical (unpaired) electrons. The van der Waals surface area contributed by atoms with Crippen molar-refractivity contribution < 1.29 is 18.6 Å². The molecule has 5 N–H and O–H groups in total. The van der Waals surface area contributed by atoms with Crippen molar-refractivity contribution in [2.24, 2.45) is 5.73 Å². The molecule has 0 saturated carbocycles. The van der Waals surface area contributed by atoms with Crippen LogP contribution in [0.25, 0.3) is 16.9 Å². The Morgan fingerprint density at radius 2 is 1.51 bits per heavy atom. The van der Waals surface area contributed by atoms with Crippen molar-refractivity contribution in [3.8, 4) is 11.1 Å². The van der Waals surface area contributed by atoms with Gasteiger partial charge in [0.2, 0.25) is 6.43 Å². The normalized spacial score (nSPS) is 16.0. The molecule has 1 heterocycles. The second-order valence-corrected chi connectivity index (χ2v) is 12.7. The van der Waals surface area contributed by atoms with Crippen LogP contribution in [-0.4, -0.2) is 43.3 Å². The molecular weight excluding hydrogens is 568 g/mol. The van der Waals surface area contributed by atoms with Crippen molar-refractivity contribution in [3.05, 3.63) is 102 Å². The highest BCUT2D eigenvalue weighted by atomic mass is 19.3. The van der Waals surface area contributed by atoms with Gasteiger partial charge in [-0.2, -0.15) is 0 Å². The average Bonchev–Trinajstić information content (AvgIpc) is 3.30. The van der Waals surface area contributed by atoms with E-state index in [0.29, 0.717) is 11.8 Å². The predicted octanol–water partition coefficient (Wildman–Crippen LogP) is 8.18. The van der Waals surface area contributed by atoms with Crippen molar-refractivity contribution >= 4 is 5.76 Å². The quantitative estimate of drug-likeness (QED) is 0.136. The first-order valence-electron chi connectivity index (χ1n) is 16.2. The lowest BCUT2D eigenvalue weighted by atomic mass is 9.72. The lowest BCUT2D eigenvalue weighted by molar-refractivity contribution is 0.0940. The summed E-state index contributed by atoms with van der Waals surface area (Å²) in [4.78, 5) is 0. The average molecular weight is 622 g/mol. The maximum absolute atomic E-state index is 13.3. The first-order chi connectivity index (χ1) is 21.6. The number of alkyl halides is 2. The molecule has 1 unspecified atom stereocenters. The third-order valence-corrected chi connectivity index (χ3v) is 8.35. The molecule has 1 atom stereocenters. The third-order valence-electron chi connectivity index (χ3n) is 8.35. The SMILES string of the molecule is C=C(OC(C)(C)C)c1ccccc1C(O)NC1CCNCC1.CCCCC1(CC(F)F)c2ccccc2-c2ccccc21.CN. The van der Waals surface area contributed by atoms with Crippen LogP contribution in [0.4, 0.5) is 8.78 Å². The summed E-state index contributed by atoms with van der Waals surface area (Å²) in [7, 11) is 1.50. The minimum atomic E-state index is -2.29. The Morgan fingerprint density at radius 1 is 0.978 bits per heavy atom. The Labute approximate surface area is 269 Å². The molecule has 1 aliphatic carbocycles. The van der Waals surface area contributed by atoms with E-state index >= 15 is 0 Å². The summed E-state index contributed by atoms with van der Waals surface area (Å²) < 4.78 is 32.6. The van der Waals surface area contributed by atoms with Crippen LogP contribution in [0.5, 0.6) is 0 Å². The van der Waals surface area contributed by atoms with Crippen molar-refractivity contribution in [2.75, 3.05) is 20.1 Å². The van der Waals surface area contributed by atoms with Crippen molar-refractivity contribution in [1.29, 1.82) is 0 Å². The molecule has 0 spiro atoms. The number of aliphatic hydroxyl groups excluding tert-OH is 1. The van der Waals surface area contributed by atoms with Gasteiger partial charge in [-0.1, -0.05) is 99.1 Å². The fourth-order valence-electron chi connectivity index (χ4n) is 6.46. The second-order valence-electron chi connectivity index (χ2n) is 12.7. The number of piperidine rings is 1. The number of rotatable bonds is 10. The van der Waals surface area contributed by atoms with Crippen molar-refractivity contribution in [3.63, 3.8) is 0 Å². The van der Waals surface area contributed by atoms with E-state index in [1.54, 1.807) is 0 Å². The molecule has 0 bridgehead atoms. The molecule has 3 aromatic rings. The Hall–Kier alpha value is -3.10. The first kappa shape index (κ1) is 36.4. The largest absolute Gasteiger partial charge is 0.488 e. The zero-order valence-corrected chi connectivity index (χ0v) is 27.7. The second kappa shape index (κ2) is 17.0. The van der Waals surface area contributed by atoms with E-state index < -0.39 is 18.1 Å². The van der Waals surface area contributed by atoms with E-state index in [1.165, 1.54) is 7.05 Å². The van der Waals surface area contributed by atoms with E-state index in [9.17, 15) is 13.9 Å². The molecule has 0 aromatic heterocycles. The van der Waals surface area contributed by atoms with Gasteiger partial charge in [0.1, 0.15) is 17.6 Å². The summed E-state index contributed by atoms with van der Waals surface area (Å²) >= 11 is 0. The van der Waals surface area contributed by atoms with Gasteiger partial charge >= 0.3 is 0 Å². The predicted molar refractivity (Wildman–Crippen MR) is 183 cm³/mol. The smallest absolute Gasteiger partial charge is 0.239 e. The van der Waals surface area contributed by atoms with Gasteiger partial charge in [-0.05, 0) is 82.4 Å². The number of halogens is 2. The highest BCUT2D eigenvalue weighted by Crippen LogP contribution is 2.54. The zero-order chi connectivity index (χ0) is 33.0. The fourth-order valence-corrected chi connectivity index (χ4v) is 6.46. The number of unbranched alkanes of at least 4 members (excludes halogenated alkanes) is 1. The summed E-state index contributed by atoms with van der Waals surface area (Å²) in [5, 5.41) is 17.2. The molecule has 1 saturated heterocycles. The molecule has 246 valence electrons. The molecule has 0 amide bonds. The molecule has 1 fully saturated rings. The summed E-state index contributed by atoms with van der Waals surface area (Å²) in [5.41, 5.74) is 9.77. The number of nitrogens with two attached hydrogens (primary N) is 1. The highest BCUT2D eigenvalue weighted by molar-refractivity contribution is 5.81. The summed E-state index contributed by atoms with van der Waals surface area (Å²) in [5.74, 6) is 0.592. The van der Waals surface area contributed by atoms with Crippen LogP contribution >= 0.6 is 0 Å². The van der Waals surface area contributed by atoms with Crippen LogP contribution < -0.4 is 16.4 Å². The van der Waals surface area contributed by atoms with Crippen LogP contribution in [0.15, 0.2) is 79.4 Å². The lowest BCUT2D eigenvalue weighted by Gasteiger charge is -2.32. The molecule has 5 nitrogen and oxygen atoms in total. The highest BCUT2D eigenvalue weighted by Gasteiger charge is 2.44. The van der Waals surface area contributed by atoms with E-state index in [-0.39, 0.29) is 12.0 Å². The van der Waals surface area contributed by atoms with Gasteiger partial charge < -0.3 is 20.9 Å². The topological polar surface area (TPSA) is 79.5 Å². The molecule has 45 heavy (non-hydrogen) atoms. The van der Waals surface area contributed by atoms with E-state index in [2.05, 4.69) is 42.0 Å². The van der Waals surface area contributed by atoms with Crippen molar-refractivity contribution in [2.45, 2.75) is 95.9 Å². The number of hydrogen-bond acceptors (Lipinski definition) is 5. The van der Waals surface area contributed by atoms with E-state index in [1.807, 2.05) is 81.4 Å². The van der Waals surface area contributed by atoms with Crippen molar-refractivity contribution in [1.82, 2.24) is 10.6 Å². The van der Waals surface area contributed by atoms with Gasteiger partial charge in [0, 0.05) is 29.0 Å². The zero-order valence-electron chi connectivity index (χ0n) is 27.7. The summed E-state index contributed by atoms with van der Waals surface area (Å²) in [6.45, 7) is 14.1. The third kappa shape index (κ3) is 9.46. The standard InChI is InChI=1S/C19H20F2.C18H28N2O2.CH5N/c1-2-3-12-19(13-18(20)21)16-10-6-4-8-14(16)15-9-5-7-11-17(15)19;1-13(22-18(2,3)4)15-7-5-6-8-16(15)17(21)20-14-9-11-19-12-10-14;1-2/h4-11,18H,2-3,12-13H2,1H3;5-8,14,17,19-21H,1,9-12H2,2-4H3;2H2,1H3. The van der Waals surface area contributed by atoms with E-state index in [4.69, 9.17) is 4.74 Å². The van der Waals surface area contributed by atoms with E-state index in [0.717, 1.165) is 78.6 Å². The maximum Gasteiger partial charge on any atom is 0.239 e. The number of ether oxygens (including phenoxy) is 1. The number of nitrogens with one attached hydrogen (secondary N) is 2. The fraction of sp³-hybridized carbons (Fsp3) is 0.474. The Bertz CT molecular complexity index is 1300.